The molecule has 2 unspecified atom stereocenters. The van der Waals surface area contributed by atoms with Crippen LogP contribution < -0.4 is 16.8 Å². The zero-order valence-corrected chi connectivity index (χ0v) is 23.0. The Morgan fingerprint density at radius 2 is 1.54 bits per heavy atom. The van der Waals surface area contributed by atoms with E-state index in [1.54, 1.807) is 48.5 Å². The van der Waals surface area contributed by atoms with Gasteiger partial charge in [-0.1, -0.05) is 73.4 Å². The molecule has 2 aromatic rings. The summed E-state index contributed by atoms with van der Waals surface area (Å²) in [6.07, 6.45) is -3.88. The molecule has 216 valence electrons. The van der Waals surface area contributed by atoms with E-state index in [1.807, 2.05) is 0 Å². The molecule has 39 heavy (non-hydrogen) atoms. The van der Waals surface area contributed by atoms with Crippen LogP contribution in [0.15, 0.2) is 48.5 Å². The lowest BCUT2D eigenvalue weighted by molar-refractivity contribution is -0.167. The lowest BCUT2D eigenvalue weighted by atomic mass is 9.72. The number of ketones is 1. The van der Waals surface area contributed by atoms with Gasteiger partial charge in [-0.05, 0) is 54.4 Å². The van der Waals surface area contributed by atoms with Crippen LogP contribution in [-0.4, -0.2) is 42.4 Å². The summed E-state index contributed by atoms with van der Waals surface area (Å²) in [5.74, 6) is -11.9. The number of halogens is 7. The van der Waals surface area contributed by atoms with Gasteiger partial charge in [0.25, 0.3) is 5.91 Å². The van der Waals surface area contributed by atoms with E-state index in [0.717, 1.165) is 16.4 Å². The van der Waals surface area contributed by atoms with Gasteiger partial charge in [0.15, 0.2) is 0 Å². The smallest absolute Gasteiger partial charge is 0.341 e. The molecule has 5 nitrogen and oxygen atoms in total. The van der Waals surface area contributed by atoms with Crippen LogP contribution in [0.4, 0.5) is 22.0 Å². The summed E-state index contributed by atoms with van der Waals surface area (Å²) in [6.45, 7) is 0.962. The third-order valence-corrected chi connectivity index (χ3v) is 7.33. The van der Waals surface area contributed by atoms with Gasteiger partial charge >= 0.3 is 12.1 Å². The monoisotopic (exact) mass is 595 g/mol. The number of carbonyl (C=O) groups is 2. The first-order valence-electron chi connectivity index (χ1n) is 12.3. The van der Waals surface area contributed by atoms with Crippen molar-refractivity contribution in [2.45, 2.75) is 57.3 Å². The van der Waals surface area contributed by atoms with Gasteiger partial charge in [0.05, 0.1) is 10.0 Å². The largest absolute Gasteiger partial charge is 0.405 e. The number of rotatable bonds is 13. The van der Waals surface area contributed by atoms with Gasteiger partial charge in [-0.2, -0.15) is 22.0 Å². The highest BCUT2D eigenvalue weighted by atomic mass is 35.5. The Morgan fingerprint density at radius 1 is 0.923 bits per heavy atom. The average molecular weight is 596 g/mol. The van der Waals surface area contributed by atoms with Crippen LogP contribution in [0, 0.1) is 17.8 Å². The fourth-order valence-corrected chi connectivity index (χ4v) is 4.82. The molecular weight excluding hydrogens is 564 g/mol. The first-order valence-corrected chi connectivity index (χ1v) is 13.1. The highest BCUT2D eigenvalue weighted by Gasteiger charge is 2.53. The molecule has 0 aromatic heterocycles. The predicted molar refractivity (Wildman–Crippen MR) is 142 cm³/mol. The zero-order valence-electron chi connectivity index (χ0n) is 21.5. The van der Waals surface area contributed by atoms with Crippen LogP contribution in [0.25, 0.3) is 0 Å². The van der Waals surface area contributed by atoms with E-state index in [0.29, 0.717) is 22.9 Å². The molecule has 0 aliphatic heterocycles. The Labute approximate surface area is 234 Å². The van der Waals surface area contributed by atoms with Crippen molar-refractivity contribution in [3.05, 3.63) is 69.7 Å². The van der Waals surface area contributed by atoms with Crippen LogP contribution in [0.5, 0.6) is 0 Å². The number of hydrogen-bond acceptors (Lipinski definition) is 4. The molecule has 2 rings (SSSR count). The van der Waals surface area contributed by atoms with Crippen molar-refractivity contribution >= 4 is 34.9 Å². The van der Waals surface area contributed by atoms with Gasteiger partial charge in [-0.3, -0.25) is 9.59 Å². The lowest BCUT2D eigenvalue weighted by Crippen LogP contribution is -2.57. The Morgan fingerprint density at radius 3 is 2.08 bits per heavy atom. The van der Waals surface area contributed by atoms with E-state index < -0.39 is 60.2 Å². The van der Waals surface area contributed by atoms with Crippen molar-refractivity contribution in [2.24, 2.45) is 29.2 Å². The normalized spacial score (nSPS) is 15.5. The average Bonchev–Trinajstić information content (AvgIpc) is 2.86. The Bertz CT molecular complexity index is 1120. The second-order valence-corrected chi connectivity index (χ2v) is 10.7. The van der Waals surface area contributed by atoms with Gasteiger partial charge in [0.2, 0.25) is 5.78 Å². The highest BCUT2D eigenvalue weighted by Crippen LogP contribution is 2.32. The quantitative estimate of drug-likeness (QED) is 0.207. The summed E-state index contributed by atoms with van der Waals surface area (Å²) in [6, 6.07) is 12.1. The lowest BCUT2D eigenvalue weighted by Gasteiger charge is -2.37. The molecule has 0 heterocycles. The summed E-state index contributed by atoms with van der Waals surface area (Å²) in [5, 5.41) is 1.83. The third kappa shape index (κ3) is 9.41. The maximum absolute atomic E-state index is 14.8. The molecule has 1 amide bonds. The van der Waals surface area contributed by atoms with Crippen LogP contribution >= 0.6 is 23.2 Å². The first-order chi connectivity index (χ1) is 18.0. The number of aryl methyl sites for hydroxylation is 1. The minimum absolute atomic E-state index is 0.243. The molecule has 0 saturated heterocycles. The Hall–Kier alpha value is -2.27. The van der Waals surface area contributed by atoms with E-state index >= 15 is 0 Å². The first kappa shape index (κ1) is 32.9. The Kier molecular flexibility index (Phi) is 11.7. The van der Waals surface area contributed by atoms with Crippen LogP contribution in [0.3, 0.4) is 0 Å². The van der Waals surface area contributed by atoms with Crippen LogP contribution in [0.2, 0.25) is 10.0 Å². The number of hydrogen-bond donors (Lipinski definition) is 3. The summed E-state index contributed by atoms with van der Waals surface area (Å²) in [4.78, 5) is 24.9. The molecule has 0 saturated carbocycles. The van der Waals surface area contributed by atoms with Gasteiger partial charge < -0.3 is 16.8 Å². The van der Waals surface area contributed by atoms with Crippen molar-refractivity contribution < 1.29 is 31.5 Å². The molecule has 4 atom stereocenters. The van der Waals surface area contributed by atoms with Gasteiger partial charge in [-0.15, -0.1) is 0 Å². The third-order valence-electron chi connectivity index (χ3n) is 6.59. The molecule has 5 N–H and O–H groups in total. The second-order valence-electron chi connectivity index (χ2n) is 9.89. The molecule has 0 spiro atoms. The number of nitrogens with two attached hydrogens (primary N) is 2. The molecular formula is C27H32Cl2F5N3O2. The van der Waals surface area contributed by atoms with Crippen molar-refractivity contribution in [1.29, 1.82) is 0 Å². The van der Waals surface area contributed by atoms with Crippen molar-refractivity contribution in [3.8, 4) is 0 Å². The molecule has 12 heteroatoms. The topological polar surface area (TPSA) is 98.2 Å². The standard InChI is InChI=1S/C27H32Cl2F5N3O2/c1-15(2)22(24(38)27(33,34)25(39)37-14-26(30,31)32)23(36)18(12-16-6-4-3-5-7-16)21(35)11-9-17-8-10-19(28)20(29)13-17/h3-8,10,13,15,18,21-23H,9,11-12,14,35-36H2,1-2H3,(H,37,39)/t18-,21?,22-,23?/m0/s1. The van der Waals surface area contributed by atoms with E-state index in [2.05, 4.69) is 0 Å². The molecule has 0 aliphatic rings. The van der Waals surface area contributed by atoms with E-state index in [-0.39, 0.29) is 6.42 Å². The van der Waals surface area contributed by atoms with Crippen LogP contribution in [0.1, 0.15) is 31.4 Å². The zero-order chi connectivity index (χ0) is 29.5. The van der Waals surface area contributed by atoms with Crippen molar-refractivity contribution in [1.82, 2.24) is 5.32 Å². The number of amides is 1. The van der Waals surface area contributed by atoms with Crippen molar-refractivity contribution in [3.63, 3.8) is 0 Å². The molecule has 0 aliphatic carbocycles. The van der Waals surface area contributed by atoms with E-state index in [4.69, 9.17) is 34.7 Å². The van der Waals surface area contributed by atoms with Crippen molar-refractivity contribution in [2.75, 3.05) is 6.54 Å². The van der Waals surface area contributed by atoms with Gasteiger partial charge in [0, 0.05) is 18.0 Å². The number of carbonyl (C=O) groups excluding carboxylic acids is 2. The van der Waals surface area contributed by atoms with E-state index in [9.17, 15) is 31.5 Å². The predicted octanol–water partition coefficient (Wildman–Crippen LogP) is 5.59. The SMILES string of the molecule is CC(C)[C@H](C(=O)C(F)(F)C(=O)NCC(F)(F)F)C(N)[C@@H](Cc1ccccc1)C(N)CCc1ccc(Cl)c(Cl)c1. The number of Topliss-reactive ketones (excluding diaryl/α,β-unsaturated/α-hetero) is 1. The fraction of sp³-hybridized carbons (Fsp3) is 0.481. The molecule has 0 fully saturated rings. The summed E-state index contributed by atoms with van der Waals surface area (Å²) in [7, 11) is 0. The summed E-state index contributed by atoms with van der Waals surface area (Å²) in [5.41, 5.74) is 14.7. The molecule has 0 radical (unpaired) electrons. The number of alkyl halides is 5. The summed E-state index contributed by atoms with van der Waals surface area (Å²) < 4.78 is 67.1. The number of nitrogens with one attached hydrogen (secondary N) is 1. The second kappa shape index (κ2) is 13.9. The van der Waals surface area contributed by atoms with E-state index in [1.165, 1.54) is 13.8 Å². The maximum Gasteiger partial charge on any atom is 0.405 e. The minimum atomic E-state index is -4.93. The summed E-state index contributed by atoms with van der Waals surface area (Å²) >= 11 is 12.1. The van der Waals surface area contributed by atoms with Crippen LogP contribution in [-0.2, 0) is 22.4 Å². The number of benzene rings is 2. The highest BCUT2D eigenvalue weighted by molar-refractivity contribution is 6.42. The Balaban J connectivity index is 2.33. The molecule has 0 bridgehead atoms. The maximum atomic E-state index is 14.8. The fourth-order valence-electron chi connectivity index (χ4n) is 4.50. The van der Waals surface area contributed by atoms with Gasteiger partial charge in [0.1, 0.15) is 6.54 Å². The molecule has 2 aromatic carbocycles. The minimum Gasteiger partial charge on any atom is -0.341 e. The van der Waals surface area contributed by atoms with Gasteiger partial charge in [-0.25, -0.2) is 0 Å².